The molecule has 0 aromatic heterocycles. The Morgan fingerprint density at radius 3 is 3.00 bits per heavy atom. The second kappa shape index (κ2) is 5.65. The van der Waals surface area contributed by atoms with Crippen molar-refractivity contribution in [2.75, 3.05) is 18.0 Å². The molecule has 0 bridgehead atoms. The van der Waals surface area contributed by atoms with Crippen LogP contribution in [-0.2, 0) is 0 Å². The number of halogens is 1. The number of thioether (sulfide) groups is 1. The number of nitrogen functional groups attached to an aromatic ring is 1. The summed E-state index contributed by atoms with van der Waals surface area (Å²) in [6.45, 7) is 0.718. The standard InChI is InChI=1S/C12H15ClN2OS/c13-9-4-8(5-10(14)6-9)12(16)15-7-11-2-1-3-17-11/h4-6,11H,1-3,7,14H2,(H,15,16). The highest BCUT2D eigenvalue weighted by Gasteiger charge is 2.16. The van der Waals surface area contributed by atoms with E-state index in [1.165, 1.54) is 18.6 Å². The van der Waals surface area contributed by atoms with E-state index in [1.807, 2.05) is 11.8 Å². The van der Waals surface area contributed by atoms with Crippen molar-refractivity contribution in [2.45, 2.75) is 18.1 Å². The van der Waals surface area contributed by atoms with Crippen LogP contribution in [0, 0.1) is 0 Å². The van der Waals surface area contributed by atoms with E-state index in [9.17, 15) is 4.79 Å². The highest BCUT2D eigenvalue weighted by molar-refractivity contribution is 8.00. The lowest BCUT2D eigenvalue weighted by molar-refractivity contribution is 0.0953. The Balaban J connectivity index is 1.94. The molecule has 0 saturated carbocycles. The van der Waals surface area contributed by atoms with Gasteiger partial charge in [0.25, 0.3) is 5.91 Å². The number of anilines is 1. The van der Waals surface area contributed by atoms with Crippen molar-refractivity contribution in [1.29, 1.82) is 0 Å². The molecular weight excluding hydrogens is 256 g/mol. The minimum atomic E-state index is -0.105. The maximum absolute atomic E-state index is 11.9. The summed E-state index contributed by atoms with van der Waals surface area (Å²) in [5, 5.41) is 3.96. The van der Waals surface area contributed by atoms with Gasteiger partial charge in [-0.05, 0) is 36.8 Å². The number of hydrogen-bond donors (Lipinski definition) is 2. The number of rotatable bonds is 3. The molecule has 2 rings (SSSR count). The van der Waals surface area contributed by atoms with E-state index in [0.29, 0.717) is 21.5 Å². The molecule has 1 atom stereocenters. The van der Waals surface area contributed by atoms with Crippen LogP contribution < -0.4 is 11.1 Å². The van der Waals surface area contributed by atoms with Crippen molar-refractivity contribution in [3.63, 3.8) is 0 Å². The number of amides is 1. The van der Waals surface area contributed by atoms with Crippen molar-refractivity contribution < 1.29 is 4.79 Å². The number of carbonyl (C=O) groups is 1. The fourth-order valence-electron chi connectivity index (χ4n) is 1.86. The number of nitrogens with two attached hydrogens (primary N) is 1. The van der Waals surface area contributed by atoms with E-state index in [1.54, 1.807) is 18.2 Å². The second-order valence-corrected chi connectivity index (χ2v) is 5.96. The van der Waals surface area contributed by atoms with Crippen LogP contribution in [0.2, 0.25) is 5.02 Å². The first kappa shape index (κ1) is 12.6. The van der Waals surface area contributed by atoms with Crippen LogP contribution in [0.1, 0.15) is 23.2 Å². The van der Waals surface area contributed by atoms with Gasteiger partial charge in [0, 0.05) is 28.1 Å². The molecular formula is C12H15ClN2OS. The monoisotopic (exact) mass is 270 g/mol. The Kier molecular flexibility index (Phi) is 4.18. The van der Waals surface area contributed by atoms with Crippen molar-refractivity contribution in [1.82, 2.24) is 5.32 Å². The minimum Gasteiger partial charge on any atom is -0.399 e. The van der Waals surface area contributed by atoms with Gasteiger partial charge in [-0.1, -0.05) is 11.6 Å². The molecule has 1 aliphatic heterocycles. The molecule has 3 N–H and O–H groups in total. The summed E-state index contributed by atoms with van der Waals surface area (Å²) < 4.78 is 0. The SMILES string of the molecule is Nc1cc(Cl)cc(C(=O)NCC2CCCS2)c1. The van der Waals surface area contributed by atoms with E-state index < -0.39 is 0 Å². The topological polar surface area (TPSA) is 55.1 Å². The molecule has 5 heteroatoms. The molecule has 1 saturated heterocycles. The summed E-state index contributed by atoms with van der Waals surface area (Å²) in [4.78, 5) is 11.9. The molecule has 1 unspecified atom stereocenters. The van der Waals surface area contributed by atoms with Gasteiger partial charge in [-0.15, -0.1) is 0 Å². The van der Waals surface area contributed by atoms with Crippen LogP contribution in [-0.4, -0.2) is 23.5 Å². The third-order valence-electron chi connectivity index (χ3n) is 2.70. The van der Waals surface area contributed by atoms with Crippen molar-refractivity contribution >= 4 is 35.0 Å². The molecule has 92 valence electrons. The molecule has 0 spiro atoms. The van der Waals surface area contributed by atoms with Crippen LogP contribution in [0.4, 0.5) is 5.69 Å². The molecule has 1 aromatic carbocycles. The van der Waals surface area contributed by atoms with Gasteiger partial charge >= 0.3 is 0 Å². The lowest BCUT2D eigenvalue weighted by atomic mass is 10.2. The highest BCUT2D eigenvalue weighted by atomic mass is 35.5. The summed E-state index contributed by atoms with van der Waals surface area (Å²) in [5.74, 6) is 1.09. The summed E-state index contributed by atoms with van der Waals surface area (Å²) in [5.41, 5.74) is 6.68. The van der Waals surface area contributed by atoms with Gasteiger partial charge in [0.15, 0.2) is 0 Å². The Labute approximate surface area is 110 Å². The van der Waals surface area contributed by atoms with Crippen LogP contribution in [0.3, 0.4) is 0 Å². The first-order chi connectivity index (χ1) is 8.15. The van der Waals surface area contributed by atoms with Gasteiger partial charge in [-0.2, -0.15) is 11.8 Å². The first-order valence-corrected chi connectivity index (χ1v) is 7.03. The third kappa shape index (κ3) is 3.54. The summed E-state index contributed by atoms with van der Waals surface area (Å²) in [7, 11) is 0. The molecule has 1 amide bonds. The maximum atomic E-state index is 11.9. The Morgan fingerprint density at radius 1 is 1.53 bits per heavy atom. The Bertz CT molecular complexity index is 399. The van der Waals surface area contributed by atoms with E-state index in [0.717, 1.165) is 6.54 Å². The maximum Gasteiger partial charge on any atom is 0.251 e. The number of carbonyl (C=O) groups excluding carboxylic acids is 1. The fraction of sp³-hybridized carbons (Fsp3) is 0.417. The predicted octanol–water partition coefficient (Wildman–Crippen LogP) is 2.55. The zero-order valence-corrected chi connectivity index (χ0v) is 11.0. The predicted molar refractivity (Wildman–Crippen MR) is 73.7 cm³/mol. The first-order valence-electron chi connectivity index (χ1n) is 5.61. The Morgan fingerprint density at radius 2 is 2.35 bits per heavy atom. The normalized spacial score (nSPS) is 19.2. The van der Waals surface area contributed by atoms with E-state index in [2.05, 4.69) is 5.32 Å². The lowest BCUT2D eigenvalue weighted by Crippen LogP contribution is -2.29. The zero-order chi connectivity index (χ0) is 12.3. The van der Waals surface area contributed by atoms with Gasteiger partial charge in [-0.3, -0.25) is 4.79 Å². The Hall–Kier alpha value is -0.870. The quantitative estimate of drug-likeness (QED) is 0.830. The number of nitrogens with one attached hydrogen (secondary N) is 1. The molecule has 17 heavy (non-hydrogen) atoms. The smallest absolute Gasteiger partial charge is 0.251 e. The van der Waals surface area contributed by atoms with Crippen molar-refractivity contribution in [3.05, 3.63) is 28.8 Å². The number of hydrogen-bond acceptors (Lipinski definition) is 3. The summed E-state index contributed by atoms with van der Waals surface area (Å²) in [6, 6.07) is 4.91. The van der Waals surface area contributed by atoms with Gasteiger partial charge in [-0.25, -0.2) is 0 Å². The van der Waals surface area contributed by atoms with Crippen LogP contribution >= 0.6 is 23.4 Å². The molecule has 1 heterocycles. The van der Waals surface area contributed by atoms with Gasteiger partial charge in [0.1, 0.15) is 0 Å². The third-order valence-corrected chi connectivity index (χ3v) is 4.31. The molecule has 0 radical (unpaired) electrons. The fourth-order valence-corrected chi connectivity index (χ4v) is 3.30. The molecule has 0 aliphatic carbocycles. The van der Waals surface area contributed by atoms with Gasteiger partial charge in [0.2, 0.25) is 0 Å². The average Bonchev–Trinajstić information content (AvgIpc) is 2.77. The average molecular weight is 271 g/mol. The van der Waals surface area contributed by atoms with Crippen molar-refractivity contribution in [3.8, 4) is 0 Å². The van der Waals surface area contributed by atoms with Crippen LogP contribution in [0.25, 0.3) is 0 Å². The summed E-state index contributed by atoms with van der Waals surface area (Å²) >= 11 is 7.78. The minimum absolute atomic E-state index is 0.105. The lowest BCUT2D eigenvalue weighted by Gasteiger charge is -2.10. The van der Waals surface area contributed by atoms with E-state index in [4.69, 9.17) is 17.3 Å². The second-order valence-electron chi connectivity index (χ2n) is 4.12. The van der Waals surface area contributed by atoms with Gasteiger partial charge in [0.05, 0.1) is 0 Å². The molecule has 1 aliphatic rings. The largest absolute Gasteiger partial charge is 0.399 e. The van der Waals surface area contributed by atoms with Crippen molar-refractivity contribution in [2.24, 2.45) is 0 Å². The number of benzene rings is 1. The van der Waals surface area contributed by atoms with Crippen LogP contribution in [0.15, 0.2) is 18.2 Å². The summed E-state index contributed by atoms with van der Waals surface area (Å²) in [6.07, 6.45) is 2.43. The molecule has 3 nitrogen and oxygen atoms in total. The van der Waals surface area contributed by atoms with Crippen LogP contribution in [0.5, 0.6) is 0 Å². The molecule has 1 aromatic rings. The van der Waals surface area contributed by atoms with E-state index >= 15 is 0 Å². The van der Waals surface area contributed by atoms with Gasteiger partial charge < -0.3 is 11.1 Å². The molecule has 1 fully saturated rings. The highest BCUT2D eigenvalue weighted by Crippen LogP contribution is 2.25. The van der Waals surface area contributed by atoms with E-state index in [-0.39, 0.29) is 5.91 Å². The zero-order valence-electron chi connectivity index (χ0n) is 9.41.